The van der Waals surface area contributed by atoms with E-state index in [1.807, 2.05) is 59.5 Å². The number of aryl methyl sites for hydroxylation is 1. The van der Waals surface area contributed by atoms with Crippen molar-refractivity contribution in [3.8, 4) is 11.5 Å². The molecule has 160 valence electrons. The van der Waals surface area contributed by atoms with Gasteiger partial charge in [0.15, 0.2) is 0 Å². The first-order valence-electron chi connectivity index (χ1n) is 10.7. The van der Waals surface area contributed by atoms with Crippen LogP contribution in [0.2, 0.25) is 0 Å². The Balaban J connectivity index is 1.32. The molecule has 0 bridgehead atoms. The van der Waals surface area contributed by atoms with E-state index in [2.05, 4.69) is 36.1 Å². The standard InChI is InChI=1S/C26H28N2O3/c1-21-8-7-9-22(20-21)27-14-16-28(17-15-27)26(29)24-12-5-6-13-25(24)31-19-18-30-23-10-3-2-4-11-23/h2-13,20H,14-19H2,1H3. The SMILES string of the molecule is Cc1cccc(N2CCN(C(=O)c3ccccc3OCCOc3ccccc3)CC2)c1. The maximum absolute atomic E-state index is 13.2. The van der Waals surface area contributed by atoms with Crippen molar-refractivity contribution in [3.05, 3.63) is 90.0 Å². The maximum Gasteiger partial charge on any atom is 0.257 e. The van der Waals surface area contributed by atoms with Crippen LogP contribution >= 0.6 is 0 Å². The lowest BCUT2D eigenvalue weighted by Crippen LogP contribution is -2.48. The van der Waals surface area contributed by atoms with Crippen molar-refractivity contribution >= 4 is 11.6 Å². The molecule has 0 aliphatic carbocycles. The van der Waals surface area contributed by atoms with Crippen molar-refractivity contribution in [1.82, 2.24) is 4.90 Å². The lowest BCUT2D eigenvalue weighted by Gasteiger charge is -2.36. The van der Waals surface area contributed by atoms with Gasteiger partial charge >= 0.3 is 0 Å². The summed E-state index contributed by atoms with van der Waals surface area (Å²) in [5, 5.41) is 0. The van der Waals surface area contributed by atoms with E-state index in [9.17, 15) is 4.79 Å². The molecule has 1 aliphatic heterocycles. The second kappa shape index (κ2) is 10.0. The Morgan fingerprint density at radius 2 is 1.52 bits per heavy atom. The molecule has 0 aromatic heterocycles. The molecule has 0 saturated carbocycles. The van der Waals surface area contributed by atoms with E-state index in [0.717, 1.165) is 18.8 Å². The van der Waals surface area contributed by atoms with E-state index < -0.39 is 0 Å². The number of hydrogen-bond donors (Lipinski definition) is 0. The Labute approximate surface area is 183 Å². The molecule has 5 nitrogen and oxygen atoms in total. The highest BCUT2D eigenvalue weighted by Crippen LogP contribution is 2.23. The molecule has 0 atom stereocenters. The van der Waals surface area contributed by atoms with Crippen molar-refractivity contribution in [3.63, 3.8) is 0 Å². The molecule has 5 heteroatoms. The Morgan fingerprint density at radius 3 is 2.29 bits per heavy atom. The Bertz CT molecular complexity index is 998. The first-order chi connectivity index (χ1) is 15.2. The molecule has 1 heterocycles. The zero-order chi connectivity index (χ0) is 21.5. The number of anilines is 1. The second-order valence-electron chi connectivity index (χ2n) is 7.62. The van der Waals surface area contributed by atoms with Gasteiger partial charge < -0.3 is 19.3 Å². The molecule has 1 aliphatic rings. The summed E-state index contributed by atoms with van der Waals surface area (Å²) in [7, 11) is 0. The molecule has 1 fully saturated rings. The number of ether oxygens (including phenoxy) is 2. The summed E-state index contributed by atoms with van der Waals surface area (Å²) in [4.78, 5) is 17.4. The molecular weight excluding hydrogens is 388 g/mol. The Morgan fingerprint density at radius 1 is 0.806 bits per heavy atom. The van der Waals surface area contributed by atoms with E-state index in [0.29, 0.717) is 37.6 Å². The van der Waals surface area contributed by atoms with E-state index in [-0.39, 0.29) is 5.91 Å². The van der Waals surface area contributed by atoms with Crippen molar-refractivity contribution in [1.29, 1.82) is 0 Å². The number of benzene rings is 3. The third-order valence-corrected chi connectivity index (χ3v) is 5.40. The highest BCUT2D eigenvalue weighted by molar-refractivity contribution is 5.97. The molecule has 1 amide bonds. The highest BCUT2D eigenvalue weighted by Gasteiger charge is 2.24. The number of nitrogens with zero attached hydrogens (tertiary/aromatic N) is 2. The van der Waals surface area contributed by atoms with Crippen molar-refractivity contribution in [2.75, 3.05) is 44.3 Å². The number of amides is 1. The summed E-state index contributed by atoms with van der Waals surface area (Å²) < 4.78 is 11.6. The summed E-state index contributed by atoms with van der Waals surface area (Å²) in [6.45, 7) is 5.93. The van der Waals surface area contributed by atoms with Crippen LogP contribution in [0.15, 0.2) is 78.9 Å². The lowest BCUT2D eigenvalue weighted by molar-refractivity contribution is 0.0741. The van der Waals surface area contributed by atoms with Crippen LogP contribution in [0, 0.1) is 6.92 Å². The van der Waals surface area contributed by atoms with Crippen LogP contribution in [0.3, 0.4) is 0 Å². The van der Waals surface area contributed by atoms with Gasteiger partial charge in [-0.25, -0.2) is 0 Å². The summed E-state index contributed by atoms with van der Waals surface area (Å²) >= 11 is 0. The molecule has 3 aromatic rings. The number of rotatable bonds is 7. The average Bonchev–Trinajstić information content (AvgIpc) is 2.82. The third kappa shape index (κ3) is 5.37. The van der Waals surface area contributed by atoms with Gasteiger partial charge in [0.05, 0.1) is 5.56 Å². The van der Waals surface area contributed by atoms with Gasteiger partial charge in [0, 0.05) is 31.9 Å². The fraction of sp³-hybridized carbons (Fsp3) is 0.269. The number of carbonyl (C=O) groups excluding carboxylic acids is 1. The van der Waals surface area contributed by atoms with Crippen molar-refractivity contribution in [2.24, 2.45) is 0 Å². The first kappa shape index (κ1) is 20.8. The maximum atomic E-state index is 13.2. The Kier molecular flexibility index (Phi) is 6.72. The number of para-hydroxylation sites is 2. The monoisotopic (exact) mass is 416 g/mol. The van der Waals surface area contributed by atoms with Gasteiger partial charge in [0.1, 0.15) is 24.7 Å². The topological polar surface area (TPSA) is 42.0 Å². The lowest BCUT2D eigenvalue weighted by atomic mass is 10.1. The van der Waals surface area contributed by atoms with Gasteiger partial charge in [-0.3, -0.25) is 4.79 Å². The minimum atomic E-state index is 0.0171. The largest absolute Gasteiger partial charge is 0.490 e. The minimum Gasteiger partial charge on any atom is -0.490 e. The van der Waals surface area contributed by atoms with Crippen LogP contribution in [0.25, 0.3) is 0 Å². The van der Waals surface area contributed by atoms with Crippen molar-refractivity contribution in [2.45, 2.75) is 6.92 Å². The molecule has 0 spiro atoms. The predicted octanol–water partition coefficient (Wildman–Crippen LogP) is 4.42. The average molecular weight is 417 g/mol. The molecule has 0 unspecified atom stereocenters. The van der Waals surface area contributed by atoms with E-state index >= 15 is 0 Å². The van der Waals surface area contributed by atoms with Gasteiger partial charge in [0.2, 0.25) is 0 Å². The number of piperazine rings is 1. The van der Waals surface area contributed by atoms with Crippen LogP contribution in [-0.2, 0) is 0 Å². The molecule has 0 radical (unpaired) electrons. The van der Waals surface area contributed by atoms with Crippen LogP contribution in [-0.4, -0.2) is 50.2 Å². The number of hydrogen-bond acceptors (Lipinski definition) is 4. The fourth-order valence-corrected chi connectivity index (χ4v) is 3.76. The summed E-state index contributed by atoms with van der Waals surface area (Å²) in [5.41, 5.74) is 3.07. The molecule has 3 aromatic carbocycles. The molecule has 1 saturated heterocycles. The minimum absolute atomic E-state index is 0.0171. The molecule has 31 heavy (non-hydrogen) atoms. The van der Waals surface area contributed by atoms with Gasteiger partial charge in [-0.05, 0) is 48.9 Å². The van der Waals surface area contributed by atoms with Crippen LogP contribution < -0.4 is 14.4 Å². The van der Waals surface area contributed by atoms with Gasteiger partial charge in [-0.2, -0.15) is 0 Å². The quantitative estimate of drug-likeness (QED) is 0.535. The van der Waals surface area contributed by atoms with Gasteiger partial charge in [-0.15, -0.1) is 0 Å². The van der Waals surface area contributed by atoms with E-state index in [1.54, 1.807) is 0 Å². The number of carbonyl (C=O) groups is 1. The molecular formula is C26H28N2O3. The summed E-state index contributed by atoms with van der Waals surface area (Å²) in [6, 6.07) is 25.6. The van der Waals surface area contributed by atoms with E-state index in [4.69, 9.17) is 9.47 Å². The normalized spacial score (nSPS) is 13.7. The zero-order valence-corrected chi connectivity index (χ0v) is 17.9. The summed E-state index contributed by atoms with van der Waals surface area (Å²) in [6.07, 6.45) is 0. The van der Waals surface area contributed by atoms with Crippen LogP contribution in [0.1, 0.15) is 15.9 Å². The van der Waals surface area contributed by atoms with E-state index in [1.165, 1.54) is 11.3 Å². The second-order valence-corrected chi connectivity index (χ2v) is 7.62. The van der Waals surface area contributed by atoms with Gasteiger partial charge in [0.25, 0.3) is 5.91 Å². The van der Waals surface area contributed by atoms with Gasteiger partial charge in [-0.1, -0.05) is 42.5 Å². The fourth-order valence-electron chi connectivity index (χ4n) is 3.76. The predicted molar refractivity (Wildman–Crippen MR) is 123 cm³/mol. The first-order valence-corrected chi connectivity index (χ1v) is 10.7. The zero-order valence-electron chi connectivity index (χ0n) is 17.9. The smallest absolute Gasteiger partial charge is 0.257 e. The highest BCUT2D eigenvalue weighted by atomic mass is 16.5. The Hall–Kier alpha value is -3.47. The van der Waals surface area contributed by atoms with Crippen molar-refractivity contribution < 1.29 is 14.3 Å². The molecule has 4 rings (SSSR count). The molecule has 0 N–H and O–H groups in total. The summed E-state index contributed by atoms with van der Waals surface area (Å²) in [5.74, 6) is 1.43. The van der Waals surface area contributed by atoms with Crippen LogP contribution in [0.4, 0.5) is 5.69 Å². The van der Waals surface area contributed by atoms with Crippen LogP contribution in [0.5, 0.6) is 11.5 Å². The third-order valence-electron chi connectivity index (χ3n) is 5.40.